The van der Waals surface area contributed by atoms with E-state index in [1.54, 1.807) is 42.6 Å². The van der Waals surface area contributed by atoms with Crippen LogP contribution in [0.4, 0.5) is 17.2 Å². The maximum atomic E-state index is 13.5. The average molecular weight is 529 g/mol. The molecule has 3 aromatic rings. The van der Waals surface area contributed by atoms with Crippen LogP contribution in [-0.4, -0.2) is 45.4 Å². The minimum Gasteiger partial charge on any atom is -0.399 e. The van der Waals surface area contributed by atoms with Crippen LogP contribution >= 0.6 is 0 Å². The number of amides is 2. The van der Waals surface area contributed by atoms with E-state index in [2.05, 4.69) is 20.6 Å². The Morgan fingerprint density at radius 1 is 1.18 bits per heavy atom. The number of amidine groups is 1. The van der Waals surface area contributed by atoms with Crippen molar-refractivity contribution in [3.05, 3.63) is 76.7 Å². The number of benzene rings is 2. The Kier molecular flexibility index (Phi) is 7.71. The fourth-order valence-corrected chi connectivity index (χ4v) is 4.51. The van der Waals surface area contributed by atoms with E-state index in [1.807, 2.05) is 23.6 Å². The first-order valence-corrected chi connectivity index (χ1v) is 12.9. The number of fused-ring (bicyclic) bond motifs is 2. The molecule has 0 saturated carbocycles. The van der Waals surface area contributed by atoms with Crippen molar-refractivity contribution >= 4 is 40.9 Å². The molecule has 0 radical (unpaired) electrons. The molecule has 0 unspecified atom stereocenters. The van der Waals surface area contributed by atoms with E-state index in [1.165, 1.54) is 5.06 Å². The van der Waals surface area contributed by atoms with Gasteiger partial charge in [-0.1, -0.05) is 25.1 Å². The van der Waals surface area contributed by atoms with Gasteiger partial charge in [-0.25, -0.2) is 15.0 Å². The maximum Gasteiger partial charge on any atom is 0.273 e. The van der Waals surface area contributed by atoms with Crippen LogP contribution in [0, 0.1) is 0 Å². The van der Waals surface area contributed by atoms with Gasteiger partial charge in [0.15, 0.2) is 0 Å². The van der Waals surface area contributed by atoms with Gasteiger partial charge in [0.1, 0.15) is 24.1 Å². The number of nitrogen functional groups attached to an aromatic ring is 1. The quantitative estimate of drug-likeness (QED) is 0.259. The molecular formula is C28H32N8O3. The molecule has 39 heavy (non-hydrogen) atoms. The van der Waals surface area contributed by atoms with Gasteiger partial charge in [0.25, 0.3) is 11.8 Å². The third-order valence-corrected chi connectivity index (χ3v) is 6.53. The number of hydrogen-bond donors (Lipinski definition) is 4. The molecule has 0 saturated heterocycles. The number of imidazole rings is 1. The molecule has 2 aromatic carbocycles. The Morgan fingerprint density at radius 3 is 2.79 bits per heavy atom. The number of carbonyl (C=O) groups is 2. The van der Waals surface area contributed by atoms with Gasteiger partial charge < -0.3 is 26.7 Å². The first-order chi connectivity index (χ1) is 18.9. The molecule has 2 aliphatic heterocycles. The summed E-state index contributed by atoms with van der Waals surface area (Å²) in [6.07, 6.45) is 4.31. The molecule has 0 spiro atoms. The fraction of sp³-hybridized carbons (Fsp3) is 0.286. The minimum absolute atomic E-state index is 0.163. The summed E-state index contributed by atoms with van der Waals surface area (Å²) in [5.41, 5.74) is 15.6. The predicted octanol–water partition coefficient (Wildman–Crippen LogP) is 2.97. The Morgan fingerprint density at radius 2 is 2.00 bits per heavy atom. The molecule has 1 aromatic heterocycles. The van der Waals surface area contributed by atoms with Crippen molar-refractivity contribution in [2.45, 2.75) is 39.5 Å². The molecule has 11 heteroatoms. The number of anilines is 2. The third kappa shape index (κ3) is 6.00. The first kappa shape index (κ1) is 26.1. The zero-order valence-corrected chi connectivity index (χ0v) is 21.8. The molecular weight excluding hydrogens is 496 g/mol. The van der Waals surface area contributed by atoms with Crippen molar-refractivity contribution in [3.63, 3.8) is 0 Å². The highest BCUT2D eigenvalue weighted by Crippen LogP contribution is 2.29. The van der Waals surface area contributed by atoms with Gasteiger partial charge in [0, 0.05) is 48.4 Å². The number of nitrogens with two attached hydrogens (primary N) is 2. The zero-order valence-electron chi connectivity index (χ0n) is 21.8. The maximum absolute atomic E-state index is 13.5. The van der Waals surface area contributed by atoms with Gasteiger partial charge in [-0.05, 0) is 42.3 Å². The van der Waals surface area contributed by atoms with Crippen LogP contribution in [0.1, 0.15) is 47.1 Å². The molecule has 0 fully saturated rings. The molecule has 2 amide bonds. The Bertz CT molecular complexity index is 1440. The molecule has 0 atom stereocenters. The largest absolute Gasteiger partial charge is 0.399 e. The summed E-state index contributed by atoms with van der Waals surface area (Å²) in [5.74, 6) is 1.26. The van der Waals surface area contributed by atoms with E-state index in [9.17, 15) is 9.59 Å². The van der Waals surface area contributed by atoms with Crippen molar-refractivity contribution in [1.29, 1.82) is 0 Å². The van der Waals surface area contributed by atoms with E-state index >= 15 is 0 Å². The second-order valence-electron chi connectivity index (χ2n) is 9.49. The monoisotopic (exact) mass is 528 g/mol. The summed E-state index contributed by atoms with van der Waals surface area (Å²) in [7, 11) is 0. The van der Waals surface area contributed by atoms with E-state index in [0.717, 1.165) is 30.9 Å². The predicted molar refractivity (Wildman–Crippen MR) is 150 cm³/mol. The molecule has 5 rings (SSSR count). The van der Waals surface area contributed by atoms with Gasteiger partial charge >= 0.3 is 0 Å². The first-order valence-electron chi connectivity index (χ1n) is 12.9. The number of hydroxylamine groups is 2. The van der Waals surface area contributed by atoms with Gasteiger partial charge in [-0.15, -0.1) is 0 Å². The second-order valence-corrected chi connectivity index (χ2v) is 9.49. The summed E-state index contributed by atoms with van der Waals surface area (Å²) >= 11 is 0. The lowest BCUT2D eigenvalue weighted by atomic mass is 10.0. The molecule has 11 nitrogen and oxygen atoms in total. The van der Waals surface area contributed by atoms with Crippen molar-refractivity contribution < 1.29 is 14.4 Å². The highest BCUT2D eigenvalue weighted by Gasteiger charge is 2.23. The highest BCUT2D eigenvalue weighted by atomic mass is 16.7. The summed E-state index contributed by atoms with van der Waals surface area (Å²) in [6, 6.07) is 12.5. The van der Waals surface area contributed by atoms with Crippen LogP contribution in [0.25, 0.3) is 6.08 Å². The van der Waals surface area contributed by atoms with Gasteiger partial charge in [-0.2, -0.15) is 0 Å². The smallest absolute Gasteiger partial charge is 0.273 e. The lowest BCUT2D eigenvalue weighted by Gasteiger charge is -2.22. The Labute approximate surface area is 226 Å². The normalized spacial score (nSPS) is 14.4. The molecule has 202 valence electrons. The summed E-state index contributed by atoms with van der Waals surface area (Å²) in [6.45, 7) is 4.84. The van der Waals surface area contributed by atoms with Gasteiger partial charge in [-0.3, -0.25) is 14.4 Å². The van der Waals surface area contributed by atoms with Crippen LogP contribution in [-0.2, 0) is 29.3 Å². The summed E-state index contributed by atoms with van der Waals surface area (Å²) in [5, 5.41) is 7.56. The van der Waals surface area contributed by atoms with Crippen LogP contribution in [0.3, 0.4) is 0 Å². The number of carbonyl (C=O) groups excluding carboxylic acids is 2. The summed E-state index contributed by atoms with van der Waals surface area (Å²) < 4.78 is 1.99. The lowest BCUT2D eigenvalue weighted by molar-refractivity contribution is -0.187. The van der Waals surface area contributed by atoms with Crippen molar-refractivity contribution in [1.82, 2.24) is 19.9 Å². The molecule has 0 bridgehead atoms. The Balaban J connectivity index is 1.33. The van der Waals surface area contributed by atoms with Crippen LogP contribution in [0.2, 0.25) is 0 Å². The van der Waals surface area contributed by atoms with Crippen molar-refractivity contribution in [3.8, 4) is 0 Å². The van der Waals surface area contributed by atoms with E-state index in [4.69, 9.17) is 16.3 Å². The topological polar surface area (TPSA) is 153 Å². The van der Waals surface area contributed by atoms with Crippen LogP contribution < -0.4 is 22.1 Å². The number of aliphatic imine (C=N–C) groups is 1. The lowest BCUT2D eigenvalue weighted by Crippen LogP contribution is -2.34. The Hall–Kier alpha value is -4.48. The van der Waals surface area contributed by atoms with Gasteiger partial charge in [0.2, 0.25) is 0 Å². The van der Waals surface area contributed by atoms with Gasteiger partial charge in [0.05, 0.1) is 18.4 Å². The highest BCUT2D eigenvalue weighted by molar-refractivity contribution is 6.07. The van der Waals surface area contributed by atoms with Crippen LogP contribution in [0.5, 0.6) is 0 Å². The van der Waals surface area contributed by atoms with E-state index in [0.29, 0.717) is 47.0 Å². The number of aromatic nitrogens is 2. The number of nitrogens with zero attached hydrogens (tertiary/aromatic N) is 4. The number of hydrogen-bond acceptors (Lipinski definition) is 8. The zero-order chi connectivity index (χ0) is 27.4. The second kappa shape index (κ2) is 11.5. The van der Waals surface area contributed by atoms with Crippen molar-refractivity contribution in [2.75, 3.05) is 24.1 Å². The van der Waals surface area contributed by atoms with Crippen LogP contribution in [0.15, 0.2) is 59.2 Å². The average Bonchev–Trinajstić information content (AvgIpc) is 3.25. The standard InChI is InChI=1S/C28H32N8O3/c1-2-10-36(39-17-18-3-7-22(29)8-4-18)28(38)21-12-19-5-6-20(13-23(19)33-24(30)14-21)27(37)34-26-16-32-25-15-31-9-11-35(25)26/h3-8,12-13,16,31H,2,9-11,14-15,17,29H2,1H3,(H2,30,33)(H,34,37). The molecule has 6 N–H and O–H groups in total. The number of nitrogens with one attached hydrogen (secondary N) is 2. The molecule has 3 heterocycles. The fourth-order valence-electron chi connectivity index (χ4n) is 4.51. The minimum atomic E-state index is -0.278. The number of rotatable bonds is 8. The summed E-state index contributed by atoms with van der Waals surface area (Å²) in [4.78, 5) is 41.3. The third-order valence-electron chi connectivity index (χ3n) is 6.53. The molecule has 2 aliphatic rings. The van der Waals surface area contributed by atoms with E-state index in [-0.39, 0.29) is 30.7 Å². The van der Waals surface area contributed by atoms with Crippen molar-refractivity contribution in [2.24, 2.45) is 10.7 Å². The SMILES string of the molecule is CCCN(OCc1ccc(N)cc1)C(=O)C1=Cc2ccc(C(=O)Nc3cnc4n3CCNC4)cc2N=C(N)C1. The molecule has 0 aliphatic carbocycles. The van der Waals surface area contributed by atoms with E-state index < -0.39 is 0 Å².